The van der Waals surface area contributed by atoms with E-state index in [2.05, 4.69) is 47.6 Å². The number of allylic oxidation sites excluding steroid dienone is 1. The first-order valence-corrected chi connectivity index (χ1v) is 14.0. The highest BCUT2D eigenvalue weighted by atomic mass is 16.6. The predicted molar refractivity (Wildman–Crippen MR) is 132 cm³/mol. The van der Waals surface area contributed by atoms with Gasteiger partial charge in [0.05, 0.1) is 12.0 Å². The molecule has 4 saturated carbocycles. The van der Waals surface area contributed by atoms with E-state index in [-0.39, 0.29) is 27.1 Å². The van der Waals surface area contributed by atoms with Crippen LogP contribution in [0.25, 0.3) is 0 Å². The van der Waals surface area contributed by atoms with Crippen LogP contribution < -0.4 is 0 Å². The van der Waals surface area contributed by atoms with E-state index in [9.17, 15) is 15.0 Å². The lowest BCUT2D eigenvalue weighted by molar-refractivity contribution is -0.399. The van der Waals surface area contributed by atoms with Crippen LogP contribution in [-0.4, -0.2) is 28.6 Å². The van der Waals surface area contributed by atoms with Gasteiger partial charge in [-0.2, -0.15) is 0 Å². The van der Waals surface area contributed by atoms with Gasteiger partial charge in [-0.3, -0.25) is 4.79 Å². The fourth-order valence-electron chi connectivity index (χ4n) is 11.1. The fraction of sp³-hybridized carbons (Fsp3) is 0.900. The highest BCUT2D eigenvalue weighted by molar-refractivity contribution is 5.80. The van der Waals surface area contributed by atoms with Crippen molar-refractivity contribution < 1.29 is 19.7 Å². The molecule has 6 fully saturated rings. The van der Waals surface area contributed by atoms with Crippen molar-refractivity contribution in [3.63, 3.8) is 0 Å². The number of carboxylic acid groups (broad SMARTS) is 1. The molecular formula is C30H46O4. The maximum Gasteiger partial charge on any atom is 0.313 e. The largest absolute Gasteiger partial charge is 0.481 e. The summed E-state index contributed by atoms with van der Waals surface area (Å²) in [5, 5.41) is 21.9. The van der Waals surface area contributed by atoms with E-state index in [0.717, 1.165) is 51.4 Å². The molecule has 4 nitrogen and oxygen atoms in total. The van der Waals surface area contributed by atoms with Gasteiger partial charge in [-0.25, -0.2) is 0 Å². The van der Waals surface area contributed by atoms with Crippen molar-refractivity contribution in [2.24, 2.45) is 50.2 Å². The Morgan fingerprint density at radius 3 is 2.21 bits per heavy atom. The third-order valence-electron chi connectivity index (χ3n) is 13.5. The van der Waals surface area contributed by atoms with Crippen LogP contribution >= 0.6 is 0 Å². The number of aliphatic carboxylic acids is 1. The van der Waals surface area contributed by atoms with Gasteiger partial charge >= 0.3 is 5.97 Å². The smallest absolute Gasteiger partial charge is 0.313 e. The second-order valence-electron chi connectivity index (χ2n) is 15.1. The quantitative estimate of drug-likeness (QED) is 0.425. The minimum atomic E-state index is -0.974. The summed E-state index contributed by atoms with van der Waals surface area (Å²) in [6.45, 7) is 14.9. The van der Waals surface area contributed by atoms with Gasteiger partial charge in [0.1, 0.15) is 0 Å². The molecule has 4 heteroatoms. The van der Waals surface area contributed by atoms with E-state index in [1.54, 1.807) is 0 Å². The van der Waals surface area contributed by atoms with E-state index in [0.29, 0.717) is 24.4 Å². The molecule has 5 aliphatic carbocycles. The molecule has 2 aliphatic heterocycles. The second kappa shape index (κ2) is 6.52. The third-order valence-corrected chi connectivity index (χ3v) is 13.5. The maximum absolute atomic E-state index is 12.8. The Morgan fingerprint density at radius 1 is 0.853 bits per heavy atom. The number of carboxylic acids is 1. The molecule has 0 aromatic heterocycles. The number of fused-ring (bicyclic) bond motifs is 7. The molecule has 8 atom stereocenters. The normalized spacial score (nSPS) is 54.7. The first kappa shape index (κ1) is 23.5. The van der Waals surface area contributed by atoms with Crippen LogP contribution in [0.3, 0.4) is 0 Å². The van der Waals surface area contributed by atoms with Crippen LogP contribution in [-0.2, 0) is 9.53 Å². The topological polar surface area (TPSA) is 66.8 Å². The molecule has 0 amide bonds. The molecule has 2 saturated heterocycles. The number of hydrogen-bond acceptors (Lipinski definition) is 3. The van der Waals surface area contributed by atoms with E-state index in [1.807, 2.05) is 0 Å². The molecule has 34 heavy (non-hydrogen) atoms. The van der Waals surface area contributed by atoms with Crippen LogP contribution in [0.4, 0.5) is 0 Å². The van der Waals surface area contributed by atoms with Gasteiger partial charge in [-0.05, 0) is 91.8 Å². The zero-order valence-electron chi connectivity index (χ0n) is 22.3. The number of hydrogen-bond donors (Lipinski definition) is 2. The summed E-state index contributed by atoms with van der Waals surface area (Å²) in [5.74, 6) is -0.110. The zero-order valence-corrected chi connectivity index (χ0v) is 22.3. The molecule has 2 heterocycles. The van der Waals surface area contributed by atoms with Gasteiger partial charge in [-0.1, -0.05) is 53.2 Å². The Hall–Kier alpha value is -0.870. The van der Waals surface area contributed by atoms with E-state index in [1.165, 1.54) is 18.4 Å². The highest BCUT2D eigenvalue weighted by Gasteiger charge is 2.74. The first-order valence-electron chi connectivity index (χ1n) is 14.0. The number of aliphatic hydroxyl groups is 1. The van der Waals surface area contributed by atoms with Crippen molar-refractivity contribution in [3.8, 4) is 0 Å². The summed E-state index contributed by atoms with van der Waals surface area (Å²) in [6, 6.07) is 0. The fourth-order valence-corrected chi connectivity index (χ4v) is 11.1. The summed E-state index contributed by atoms with van der Waals surface area (Å²) in [4.78, 5) is 12.8. The maximum atomic E-state index is 12.8. The van der Waals surface area contributed by atoms with E-state index in [4.69, 9.17) is 4.74 Å². The van der Waals surface area contributed by atoms with Gasteiger partial charge in [0.25, 0.3) is 0 Å². The van der Waals surface area contributed by atoms with Crippen molar-refractivity contribution in [1.29, 1.82) is 0 Å². The van der Waals surface area contributed by atoms with Gasteiger partial charge in [0.2, 0.25) is 0 Å². The zero-order chi connectivity index (χ0) is 24.6. The Labute approximate surface area is 205 Å². The van der Waals surface area contributed by atoms with Crippen molar-refractivity contribution in [3.05, 3.63) is 11.6 Å². The third kappa shape index (κ3) is 2.46. The van der Waals surface area contributed by atoms with Crippen molar-refractivity contribution in [2.45, 2.75) is 112 Å². The summed E-state index contributed by atoms with van der Waals surface area (Å²) in [7, 11) is 0. The molecule has 1 spiro atoms. The molecule has 7 aliphatic rings. The molecule has 190 valence electrons. The Balaban J connectivity index is 1.44. The van der Waals surface area contributed by atoms with Crippen LogP contribution in [0.15, 0.2) is 11.6 Å². The second-order valence-corrected chi connectivity index (χ2v) is 15.1. The Kier molecular flexibility index (Phi) is 4.51. The average molecular weight is 471 g/mol. The van der Waals surface area contributed by atoms with Gasteiger partial charge in [0.15, 0.2) is 5.79 Å². The predicted octanol–water partition coefficient (Wildman–Crippen LogP) is 6.57. The lowest BCUT2D eigenvalue weighted by atomic mass is 9.31. The van der Waals surface area contributed by atoms with Crippen LogP contribution in [0.2, 0.25) is 0 Å². The summed E-state index contributed by atoms with van der Waals surface area (Å²) in [5.41, 5.74) is 0.933. The van der Waals surface area contributed by atoms with Gasteiger partial charge in [-0.15, -0.1) is 0 Å². The SMILES string of the molecule is CC1(C)C=C2[C@H]3CC[C@@H]4[C@]56CC[C@](O)(OC5)C(C)(C)[C@@H]6CC[C@@]4(C)[C@]3(C)CC[C@@]2(C(=O)O)CC1. The lowest BCUT2D eigenvalue weighted by Gasteiger charge is -2.75. The van der Waals surface area contributed by atoms with Gasteiger partial charge < -0.3 is 14.9 Å². The standard InChI is InChI=1S/C30H46O4/c1-24(2)11-13-28(23(31)32)14-12-26(5)19(20(28)17-24)7-8-22-27(26,6)10-9-21-25(3,4)30(33)16-15-29(21,22)18-34-30/h17,19,21-22,33H,7-16,18H2,1-6H3,(H,31,32)/t19-,21+,22+,26-,27-,28+,29-,30+/m1/s1. The molecule has 7 rings (SSSR count). The minimum Gasteiger partial charge on any atom is -0.481 e. The summed E-state index contributed by atoms with van der Waals surface area (Å²) >= 11 is 0. The molecule has 0 radical (unpaired) electrons. The molecule has 0 aromatic carbocycles. The van der Waals surface area contributed by atoms with Crippen LogP contribution in [0, 0.1) is 50.2 Å². The number of rotatable bonds is 1. The monoisotopic (exact) mass is 470 g/mol. The van der Waals surface area contributed by atoms with E-state index >= 15 is 0 Å². The van der Waals surface area contributed by atoms with Crippen molar-refractivity contribution in [1.82, 2.24) is 0 Å². The Bertz CT molecular complexity index is 953. The number of ether oxygens (including phenoxy) is 1. The van der Waals surface area contributed by atoms with Crippen LogP contribution in [0.5, 0.6) is 0 Å². The van der Waals surface area contributed by atoms with Crippen molar-refractivity contribution in [2.75, 3.05) is 6.61 Å². The van der Waals surface area contributed by atoms with Crippen molar-refractivity contribution >= 4 is 5.97 Å². The molecule has 0 unspecified atom stereocenters. The molecular weight excluding hydrogens is 424 g/mol. The lowest BCUT2D eigenvalue weighted by Crippen LogP contribution is -2.73. The summed E-state index contributed by atoms with van der Waals surface area (Å²) in [6.07, 6.45) is 12.4. The molecule has 2 bridgehead atoms. The van der Waals surface area contributed by atoms with E-state index < -0.39 is 17.2 Å². The molecule has 2 N–H and O–H groups in total. The first-order chi connectivity index (χ1) is 15.7. The van der Waals surface area contributed by atoms with Crippen LogP contribution in [0.1, 0.15) is 106 Å². The highest BCUT2D eigenvalue weighted by Crippen LogP contribution is 2.78. The Morgan fingerprint density at radius 2 is 1.56 bits per heavy atom. The molecule has 0 aromatic rings. The summed E-state index contributed by atoms with van der Waals surface area (Å²) < 4.78 is 6.33. The minimum absolute atomic E-state index is 0.0791. The number of carbonyl (C=O) groups is 1. The van der Waals surface area contributed by atoms with Gasteiger partial charge in [0, 0.05) is 17.3 Å². The average Bonchev–Trinajstić information content (AvgIpc) is 2.75.